The quantitative estimate of drug-likeness (QED) is 0.194. The number of carbonyl (C=O) groups excluding carboxylic acids is 2. The first-order chi connectivity index (χ1) is 18.2. The van der Waals surface area contributed by atoms with Crippen molar-refractivity contribution in [3.63, 3.8) is 0 Å². The Balaban J connectivity index is 0.00000533. The van der Waals surface area contributed by atoms with Crippen molar-refractivity contribution in [2.75, 3.05) is 52.9 Å². The number of amides is 2. The molecule has 3 aromatic carbocycles. The number of nitrogens with zero attached hydrogens (tertiary/aromatic N) is 4. The predicted octanol–water partition coefficient (Wildman–Crippen LogP) is 3.50. The molecule has 4 N–H and O–H groups in total. The van der Waals surface area contributed by atoms with Crippen LogP contribution in [0.25, 0.3) is 0 Å². The summed E-state index contributed by atoms with van der Waals surface area (Å²) >= 11 is 0. The van der Waals surface area contributed by atoms with Gasteiger partial charge in [0.05, 0.1) is 0 Å². The summed E-state index contributed by atoms with van der Waals surface area (Å²) in [7, 11) is 11.0. The number of carbonyl (C=O) groups is 2. The molecule has 0 saturated heterocycles. The Morgan fingerprint density at radius 3 is 1.08 bits per heavy atom. The number of benzene rings is 3. The molecule has 0 aliphatic heterocycles. The molecule has 0 aliphatic carbocycles. The molecule has 0 radical (unpaired) electrons. The summed E-state index contributed by atoms with van der Waals surface area (Å²) in [6.45, 7) is 0. The van der Waals surface area contributed by atoms with E-state index in [2.05, 4.69) is 31.5 Å². The second-order valence-corrected chi connectivity index (χ2v) is 8.80. The first kappa shape index (κ1) is 31.0. The molecular weight excluding hydrogens is 516 g/mol. The molecule has 0 spiro atoms. The van der Waals surface area contributed by atoms with Crippen molar-refractivity contribution in [2.45, 2.75) is 0 Å². The monoisotopic (exact) mass is 550 g/mol. The zero-order valence-corrected chi connectivity index (χ0v) is 23.8. The minimum Gasteiger partial charge on any atom is -0.322 e. The highest BCUT2D eigenvalue weighted by molar-refractivity contribution is 6.07. The number of hydrazine groups is 2. The minimum absolute atomic E-state index is 0. The Morgan fingerprint density at radius 2 is 0.821 bits per heavy atom. The molecule has 39 heavy (non-hydrogen) atoms. The van der Waals surface area contributed by atoms with Gasteiger partial charge in [-0.25, -0.2) is 10.0 Å². The van der Waals surface area contributed by atoms with Crippen LogP contribution in [0.1, 0.15) is 31.8 Å². The Kier molecular flexibility index (Phi) is 11.6. The SMILES string of the molecule is CN=C(NN(C)C)c1ccc(NC(=O)c2ccc(C(=O)Nc3ccc(C(=NC)NN(C)C)cc3)cc2)cc1.Cl. The number of aliphatic imine (C=N–C) groups is 2. The maximum atomic E-state index is 12.7. The molecule has 0 saturated carbocycles. The van der Waals surface area contributed by atoms with Gasteiger partial charge in [-0.3, -0.25) is 19.6 Å². The van der Waals surface area contributed by atoms with Crippen LogP contribution >= 0.6 is 12.4 Å². The Hall–Kier alpha value is -4.25. The summed E-state index contributed by atoms with van der Waals surface area (Å²) in [5, 5.41) is 9.36. The van der Waals surface area contributed by atoms with Crippen molar-refractivity contribution in [3.05, 3.63) is 95.1 Å². The smallest absolute Gasteiger partial charge is 0.255 e. The van der Waals surface area contributed by atoms with E-state index in [-0.39, 0.29) is 24.2 Å². The summed E-state index contributed by atoms with van der Waals surface area (Å²) in [5.74, 6) is 0.906. The number of hydrogen-bond donors (Lipinski definition) is 4. The van der Waals surface area contributed by atoms with Crippen LogP contribution < -0.4 is 21.5 Å². The molecule has 0 atom stereocenters. The van der Waals surface area contributed by atoms with Gasteiger partial charge in [0, 0.05) is 75.9 Å². The van der Waals surface area contributed by atoms with Crippen molar-refractivity contribution >= 4 is 47.3 Å². The first-order valence-electron chi connectivity index (χ1n) is 12.0. The van der Waals surface area contributed by atoms with E-state index in [9.17, 15) is 9.59 Å². The van der Waals surface area contributed by atoms with E-state index in [1.165, 1.54) is 0 Å². The van der Waals surface area contributed by atoms with Crippen LogP contribution in [-0.2, 0) is 0 Å². The molecule has 0 heterocycles. The molecule has 0 bridgehead atoms. The molecule has 0 aromatic heterocycles. The highest BCUT2D eigenvalue weighted by atomic mass is 35.5. The normalized spacial score (nSPS) is 11.6. The number of halogens is 1. The highest BCUT2D eigenvalue weighted by Gasteiger charge is 2.11. The summed E-state index contributed by atoms with van der Waals surface area (Å²) in [5.41, 5.74) is 10.3. The summed E-state index contributed by atoms with van der Waals surface area (Å²) in [4.78, 5) is 33.9. The van der Waals surface area contributed by atoms with Gasteiger partial charge in [0.2, 0.25) is 0 Å². The average Bonchev–Trinajstić information content (AvgIpc) is 2.91. The van der Waals surface area contributed by atoms with E-state index in [0.29, 0.717) is 22.5 Å². The number of amidine groups is 2. The average molecular weight is 551 g/mol. The van der Waals surface area contributed by atoms with Crippen LogP contribution in [0.15, 0.2) is 82.8 Å². The largest absolute Gasteiger partial charge is 0.322 e. The van der Waals surface area contributed by atoms with Gasteiger partial charge in [0.25, 0.3) is 11.8 Å². The van der Waals surface area contributed by atoms with E-state index < -0.39 is 0 Å². The van der Waals surface area contributed by atoms with Gasteiger partial charge in [-0.05, 0) is 72.8 Å². The standard InChI is InChI=1S/C28H34N8O2.ClH/c1-29-25(33-35(3)4)19-11-15-23(16-12-19)31-27(37)21-7-9-22(10-8-21)28(38)32-24-17-13-20(14-18-24)26(30-2)34-36(5)6;/h7-18H,1-6H3,(H,29,33)(H,30,34)(H,31,37)(H,32,38);1H. The molecular formula is C28H35ClN8O2. The Bertz CT molecular complexity index is 1200. The van der Waals surface area contributed by atoms with Crippen LogP contribution in [-0.4, -0.2) is 75.8 Å². The van der Waals surface area contributed by atoms with Gasteiger partial charge in [0.15, 0.2) is 0 Å². The molecule has 2 amide bonds. The molecule has 10 nitrogen and oxygen atoms in total. The minimum atomic E-state index is -0.268. The topological polar surface area (TPSA) is 113 Å². The third-order valence-electron chi connectivity index (χ3n) is 5.35. The second kappa shape index (κ2) is 14.6. The molecule has 0 fully saturated rings. The first-order valence-corrected chi connectivity index (χ1v) is 12.0. The van der Waals surface area contributed by atoms with Crippen LogP contribution in [0.5, 0.6) is 0 Å². The summed E-state index contributed by atoms with van der Waals surface area (Å²) in [6.07, 6.45) is 0. The zero-order valence-electron chi connectivity index (χ0n) is 22.9. The molecule has 3 rings (SSSR count). The van der Waals surface area contributed by atoms with Crippen LogP contribution in [0, 0.1) is 0 Å². The van der Waals surface area contributed by atoms with Gasteiger partial charge >= 0.3 is 0 Å². The van der Waals surface area contributed by atoms with Crippen molar-refractivity contribution in [1.82, 2.24) is 20.9 Å². The van der Waals surface area contributed by atoms with Gasteiger partial charge in [-0.2, -0.15) is 0 Å². The number of hydrogen-bond acceptors (Lipinski definition) is 6. The molecule has 3 aromatic rings. The van der Waals surface area contributed by atoms with Crippen LogP contribution in [0.2, 0.25) is 0 Å². The van der Waals surface area contributed by atoms with Crippen molar-refractivity contribution in [2.24, 2.45) is 9.98 Å². The van der Waals surface area contributed by atoms with Crippen molar-refractivity contribution in [1.29, 1.82) is 0 Å². The number of nitrogens with one attached hydrogen (secondary N) is 4. The van der Waals surface area contributed by atoms with E-state index in [4.69, 9.17) is 0 Å². The Morgan fingerprint density at radius 1 is 0.538 bits per heavy atom. The van der Waals surface area contributed by atoms with Gasteiger partial charge in [0.1, 0.15) is 11.7 Å². The maximum absolute atomic E-state index is 12.7. The van der Waals surface area contributed by atoms with E-state index in [0.717, 1.165) is 22.8 Å². The Labute approximate surface area is 235 Å². The number of anilines is 2. The third kappa shape index (κ3) is 8.92. The van der Waals surface area contributed by atoms with Crippen molar-refractivity contribution in [3.8, 4) is 0 Å². The molecule has 0 aliphatic rings. The lowest BCUT2D eigenvalue weighted by Crippen LogP contribution is -2.36. The van der Waals surface area contributed by atoms with E-state index >= 15 is 0 Å². The van der Waals surface area contributed by atoms with E-state index in [1.54, 1.807) is 48.4 Å². The molecule has 11 heteroatoms. The molecule has 0 unspecified atom stereocenters. The van der Waals surface area contributed by atoms with Gasteiger partial charge in [-0.1, -0.05) is 0 Å². The number of rotatable bonds is 8. The second-order valence-electron chi connectivity index (χ2n) is 8.80. The van der Waals surface area contributed by atoms with Gasteiger partial charge in [-0.15, -0.1) is 12.4 Å². The summed E-state index contributed by atoms with van der Waals surface area (Å²) in [6, 6.07) is 21.3. The fraction of sp³-hybridized carbons (Fsp3) is 0.214. The zero-order chi connectivity index (χ0) is 27.7. The van der Waals surface area contributed by atoms with E-state index in [1.807, 2.05) is 76.7 Å². The highest BCUT2D eigenvalue weighted by Crippen LogP contribution is 2.15. The molecule has 206 valence electrons. The lowest BCUT2D eigenvalue weighted by molar-refractivity contribution is 0.101. The van der Waals surface area contributed by atoms with Crippen molar-refractivity contribution < 1.29 is 9.59 Å². The fourth-order valence-electron chi connectivity index (χ4n) is 3.51. The van der Waals surface area contributed by atoms with Gasteiger partial charge < -0.3 is 21.5 Å². The fourth-order valence-corrected chi connectivity index (χ4v) is 3.51. The third-order valence-corrected chi connectivity index (χ3v) is 5.35. The predicted molar refractivity (Wildman–Crippen MR) is 161 cm³/mol. The lowest BCUT2D eigenvalue weighted by Gasteiger charge is -2.16. The van der Waals surface area contributed by atoms with Crippen LogP contribution in [0.3, 0.4) is 0 Å². The lowest BCUT2D eigenvalue weighted by atomic mass is 10.1. The van der Waals surface area contributed by atoms with Crippen LogP contribution in [0.4, 0.5) is 11.4 Å². The maximum Gasteiger partial charge on any atom is 0.255 e. The summed E-state index contributed by atoms with van der Waals surface area (Å²) < 4.78 is 0.